The van der Waals surface area contributed by atoms with E-state index in [-0.39, 0.29) is 5.82 Å². The topological polar surface area (TPSA) is 20.2 Å². The zero-order valence-corrected chi connectivity index (χ0v) is 15.2. The van der Waals surface area contributed by atoms with Gasteiger partial charge in [-0.15, -0.1) is 0 Å². The predicted molar refractivity (Wildman–Crippen MR) is 105 cm³/mol. The monoisotopic (exact) mass is 348 g/mol. The van der Waals surface area contributed by atoms with Crippen LogP contribution in [0.1, 0.15) is 55.6 Å². The van der Waals surface area contributed by atoms with E-state index < -0.39 is 0 Å². The minimum atomic E-state index is -0.134. The van der Waals surface area contributed by atoms with Gasteiger partial charge in [0, 0.05) is 5.39 Å². The van der Waals surface area contributed by atoms with Crippen molar-refractivity contribution in [1.82, 2.24) is 0 Å². The highest BCUT2D eigenvalue weighted by atomic mass is 19.1. The maximum Gasteiger partial charge on any atom is 0.131 e. The summed E-state index contributed by atoms with van der Waals surface area (Å²) in [6, 6.07) is 19.1. The number of benzene rings is 3. The van der Waals surface area contributed by atoms with E-state index in [0.717, 1.165) is 17.2 Å². The van der Waals surface area contributed by atoms with Crippen LogP contribution in [0.5, 0.6) is 5.75 Å². The van der Waals surface area contributed by atoms with Gasteiger partial charge >= 0.3 is 0 Å². The summed E-state index contributed by atoms with van der Waals surface area (Å²) in [6.45, 7) is 2.27. The largest absolute Gasteiger partial charge is 0.508 e. The third kappa shape index (κ3) is 3.33. The van der Waals surface area contributed by atoms with E-state index in [1.807, 2.05) is 30.3 Å². The molecule has 1 N–H and O–H groups in total. The van der Waals surface area contributed by atoms with Crippen molar-refractivity contribution in [1.29, 1.82) is 0 Å². The van der Waals surface area contributed by atoms with Gasteiger partial charge in [-0.1, -0.05) is 49.4 Å². The molecule has 1 saturated carbocycles. The Hall–Kier alpha value is -2.35. The standard InChI is InChI=1S/C24H25FO/c1-16(21-12-13-24(25)23-5-3-2-4-22(21)23)14-17-6-7-19(15-17)18-8-10-20(26)11-9-18/h2-5,8-13,16-17,19,26H,6-7,14-15H2,1H3/t16-,17+,19+/m0/s1. The van der Waals surface area contributed by atoms with Gasteiger partial charge in [0.15, 0.2) is 0 Å². The maximum absolute atomic E-state index is 14.1. The van der Waals surface area contributed by atoms with Crippen LogP contribution in [0, 0.1) is 11.7 Å². The van der Waals surface area contributed by atoms with Crippen molar-refractivity contribution in [2.75, 3.05) is 0 Å². The number of hydrogen-bond acceptors (Lipinski definition) is 1. The lowest BCUT2D eigenvalue weighted by molar-refractivity contribution is 0.455. The third-order valence-corrected chi connectivity index (χ3v) is 6.03. The second-order valence-corrected chi connectivity index (χ2v) is 7.79. The van der Waals surface area contributed by atoms with E-state index >= 15 is 0 Å². The molecule has 3 atom stereocenters. The Labute approximate surface area is 154 Å². The van der Waals surface area contributed by atoms with Gasteiger partial charge < -0.3 is 5.11 Å². The Balaban J connectivity index is 1.48. The average Bonchev–Trinajstić information content (AvgIpc) is 3.11. The minimum Gasteiger partial charge on any atom is -0.508 e. The lowest BCUT2D eigenvalue weighted by atomic mass is 9.86. The molecule has 0 spiro atoms. The van der Waals surface area contributed by atoms with Crippen LogP contribution in [-0.2, 0) is 0 Å². The normalized spacial score (nSPS) is 21.2. The molecule has 0 radical (unpaired) electrons. The van der Waals surface area contributed by atoms with Crippen molar-refractivity contribution in [3.05, 3.63) is 77.6 Å². The van der Waals surface area contributed by atoms with Crippen LogP contribution in [0.3, 0.4) is 0 Å². The molecule has 1 nitrogen and oxygen atoms in total. The van der Waals surface area contributed by atoms with Gasteiger partial charge in [-0.25, -0.2) is 4.39 Å². The number of phenols is 1. The predicted octanol–water partition coefficient (Wildman–Crippen LogP) is 6.76. The first-order chi connectivity index (χ1) is 12.6. The van der Waals surface area contributed by atoms with Gasteiger partial charge in [-0.2, -0.15) is 0 Å². The van der Waals surface area contributed by atoms with Crippen LogP contribution >= 0.6 is 0 Å². The summed E-state index contributed by atoms with van der Waals surface area (Å²) < 4.78 is 14.1. The summed E-state index contributed by atoms with van der Waals surface area (Å²) in [5.74, 6) is 1.92. The van der Waals surface area contributed by atoms with Crippen molar-refractivity contribution >= 4 is 10.8 Å². The summed E-state index contributed by atoms with van der Waals surface area (Å²) in [5.41, 5.74) is 2.60. The van der Waals surface area contributed by atoms with Crippen LogP contribution in [0.15, 0.2) is 60.7 Å². The Morgan fingerprint density at radius 2 is 1.69 bits per heavy atom. The highest BCUT2D eigenvalue weighted by Crippen LogP contribution is 2.43. The molecule has 0 heterocycles. The fourth-order valence-corrected chi connectivity index (χ4v) is 4.68. The van der Waals surface area contributed by atoms with Crippen molar-refractivity contribution in [3.63, 3.8) is 0 Å². The fourth-order valence-electron chi connectivity index (χ4n) is 4.68. The summed E-state index contributed by atoms with van der Waals surface area (Å²) in [4.78, 5) is 0. The van der Waals surface area contributed by atoms with E-state index in [4.69, 9.17) is 0 Å². The van der Waals surface area contributed by atoms with Gasteiger partial charge in [0.05, 0.1) is 0 Å². The number of phenolic OH excluding ortho intramolecular Hbond substituents is 1. The molecule has 0 aromatic heterocycles. The van der Waals surface area contributed by atoms with Crippen molar-refractivity contribution in [2.45, 2.75) is 44.4 Å². The molecular formula is C24H25FO. The molecule has 3 aromatic rings. The van der Waals surface area contributed by atoms with Gasteiger partial charge in [0.25, 0.3) is 0 Å². The van der Waals surface area contributed by atoms with E-state index in [2.05, 4.69) is 19.1 Å². The summed E-state index contributed by atoms with van der Waals surface area (Å²) in [7, 11) is 0. The molecule has 1 fully saturated rings. The molecule has 0 bridgehead atoms. The molecule has 1 aliphatic carbocycles. The fraction of sp³-hybridized carbons (Fsp3) is 0.333. The second-order valence-electron chi connectivity index (χ2n) is 7.79. The molecule has 26 heavy (non-hydrogen) atoms. The Kier molecular flexibility index (Phi) is 4.67. The summed E-state index contributed by atoms with van der Waals surface area (Å²) >= 11 is 0. The maximum atomic E-state index is 14.1. The Bertz CT molecular complexity index is 900. The number of fused-ring (bicyclic) bond motifs is 1. The van der Waals surface area contributed by atoms with Gasteiger partial charge in [0.1, 0.15) is 11.6 Å². The van der Waals surface area contributed by atoms with E-state index in [9.17, 15) is 9.50 Å². The zero-order valence-electron chi connectivity index (χ0n) is 15.2. The number of halogens is 1. The van der Waals surface area contributed by atoms with E-state index in [1.165, 1.54) is 30.4 Å². The lowest BCUT2D eigenvalue weighted by Crippen LogP contribution is -2.04. The number of hydrogen-bond donors (Lipinski definition) is 1. The highest BCUT2D eigenvalue weighted by molar-refractivity contribution is 5.86. The van der Waals surface area contributed by atoms with Gasteiger partial charge in [-0.05, 0) is 78.1 Å². The van der Waals surface area contributed by atoms with Gasteiger partial charge in [-0.3, -0.25) is 0 Å². The molecule has 3 aromatic carbocycles. The van der Waals surface area contributed by atoms with E-state index in [0.29, 0.717) is 23.5 Å². The average molecular weight is 348 g/mol. The van der Waals surface area contributed by atoms with E-state index in [1.54, 1.807) is 18.2 Å². The number of rotatable bonds is 4. The molecule has 4 rings (SSSR count). The first-order valence-electron chi connectivity index (χ1n) is 9.58. The summed E-state index contributed by atoms with van der Waals surface area (Å²) in [6.07, 6.45) is 4.81. The quantitative estimate of drug-likeness (QED) is 0.552. The first-order valence-corrected chi connectivity index (χ1v) is 9.58. The van der Waals surface area contributed by atoms with Crippen molar-refractivity contribution < 1.29 is 9.50 Å². The molecule has 0 saturated heterocycles. The minimum absolute atomic E-state index is 0.134. The lowest BCUT2D eigenvalue weighted by Gasteiger charge is -2.19. The molecule has 1 aliphatic rings. The Morgan fingerprint density at radius 3 is 2.46 bits per heavy atom. The van der Waals surface area contributed by atoms with Crippen LogP contribution < -0.4 is 0 Å². The zero-order chi connectivity index (χ0) is 18.1. The van der Waals surface area contributed by atoms with Crippen LogP contribution in [0.25, 0.3) is 10.8 Å². The number of aromatic hydroxyl groups is 1. The van der Waals surface area contributed by atoms with Crippen molar-refractivity contribution in [3.8, 4) is 5.75 Å². The molecular weight excluding hydrogens is 323 g/mol. The smallest absolute Gasteiger partial charge is 0.131 e. The van der Waals surface area contributed by atoms with Crippen LogP contribution in [0.2, 0.25) is 0 Å². The molecule has 0 amide bonds. The second kappa shape index (κ2) is 7.11. The third-order valence-electron chi connectivity index (χ3n) is 6.03. The Morgan fingerprint density at radius 1 is 0.962 bits per heavy atom. The van der Waals surface area contributed by atoms with Crippen LogP contribution in [-0.4, -0.2) is 5.11 Å². The molecule has 0 unspecified atom stereocenters. The first kappa shape index (κ1) is 17.1. The highest BCUT2D eigenvalue weighted by Gasteiger charge is 2.27. The molecule has 0 aliphatic heterocycles. The summed E-state index contributed by atoms with van der Waals surface area (Å²) in [5, 5.41) is 11.3. The van der Waals surface area contributed by atoms with Crippen LogP contribution in [0.4, 0.5) is 4.39 Å². The van der Waals surface area contributed by atoms with Gasteiger partial charge in [0.2, 0.25) is 0 Å². The molecule has 134 valence electrons. The molecule has 2 heteroatoms. The van der Waals surface area contributed by atoms with Crippen molar-refractivity contribution in [2.24, 2.45) is 5.92 Å². The SMILES string of the molecule is C[C@@H](C[C@H]1CC[C@@H](c2ccc(O)cc2)C1)c1ccc(F)c2ccccc12.